The molecule has 0 saturated heterocycles. The molecular formula is C10H14N2O2. The lowest BCUT2D eigenvalue weighted by molar-refractivity contribution is -0.154. The topological polar surface area (TPSA) is 52.1 Å². The van der Waals surface area contributed by atoms with Crippen molar-refractivity contribution in [1.29, 1.82) is 0 Å². The van der Waals surface area contributed by atoms with Crippen molar-refractivity contribution in [3.63, 3.8) is 0 Å². The molecule has 0 atom stereocenters. The van der Waals surface area contributed by atoms with E-state index in [4.69, 9.17) is 4.74 Å². The Morgan fingerprint density at radius 1 is 1.43 bits per heavy atom. The van der Waals surface area contributed by atoms with Crippen molar-refractivity contribution < 1.29 is 9.53 Å². The molecule has 0 aliphatic heterocycles. The Labute approximate surface area is 83.3 Å². The molecule has 1 rings (SSSR count). The number of hydrogen-bond donors (Lipinski definition) is 0. The SMILES string of the molecule is CC(C)(C)C(=O)OCc1ccnnc1. The molecule has 0 amide bonds. The Morgan fingerprint density at radius 3 is 2.64 bits per heavy atom. The van der Waals surface area contributed by atoms with Gasteiger partial charge in [-0.1, -0.05) is 0 Å². The van der Waals surface area contributed by atoms with Gasteiger partial charge in [-0.05, 0) is 26.8 Å². The molecule has 1 aromatic rings. The molecule has 14 heavy (non-hydrogen) atoms. The number of aromatic nitrogens is 2. The maximum absolute atomic E-state index is 11.4. The molecule has 1 heterocycles. The standard InChI is InChI=1S/C10H14N2O2/c1-10(2,3)9(13)14-7-8-4-5-11-12-6-8/h4-6H,7H2,1-3H3. The lowest BCUT2D eigenvalue weighted by Gasteiger charge is -2.16. The number of rotatable bonds is 2. The molecule has 0 fully saturated rings. The van der Waals surface area contributed by atoms with Crippen LogP contribution in [-0.4, -0.2) is 16.2 Å². The summed E-state index contributed by atoms with van der Waals surface area (Å²) in [5.74, 6) is -0.214. The van der Waals surface area contributed by atoms with Gasteiger partial charge in [-0.2, -0.15) is 10.2 Å². The Kier molecular flexibility index (Phi) is 3.17. The zero-order valence-electron chi connectivity index (χ0n) is 8.65. The van der Waals surface area contributed by atoms with Crippen LogP contribution in [0.5, 0.6) is 0 Å². The van der Waals surface area contributed by atoms with Crippen LogP contribution in [0.25, 0.3) is 0 Å². The van der Waals surface area contributed by atoms with Gasteiger partial charge in [0, 0.05) is 11.8 Å². The van der Waals surface area contributed by atoms with Crippen LogP contribution in [0.2, 0.25) is 0 Å². The second-order valence-corrected chi connectivity index (χ2v) is 4.08. The molecule has 0 spiro atoms. The van der Waals surface area contributed by atoms with Gasteiger partial charge in [-0.15, -0.1) is 0 Å². The fourth-order valence-electron chi connectivity index (χ4n) is 0.769. The summed E-state index contributed by atoms with van der Waals surface area (Å²) in [6.45, 7) is 5.71. The zero-order chi connectivity index (χ0) is 10.6. The maximum Gasteiger partial charge on any atom is 0.311 e. The van der Waals surface area contributed by atoms with E-state index < -0.39 is 5.41 Å². The highest BCUT2D eigenvalue weighted by Crippen LogP contribution is 2.15. The molecule has 0 bridgehead atoms. The van der Waals surface area contributed by atoms with Gasteiger partial charge in [0.25, 0.3) is 0 Å². The van der Waals surface area contributed by atoms with Crippen molar-refractivity contribution in [3.8, 4) is 0 Å². The Bertz CT molecular complexity index is 304. The Morgan fingerprint density at radius 2 is 2.14 bits per heavy atom. The van der Waals surface area contributed by atoms with Crippen LogP contribution in [0.1, 0.15) is 26.3 Å². The average molecular weight is 194 g/mol. The summed E-state index contributed by atoms with van der Waals surface area (Å²) in [4.78, 5) is 11.4. The molecule has 0 radical (unpaired) electrons. The summed E-state index contributed by atoms with van der Waals surface area (Å²) >= 11 is 0. The summed E-state index contributed by atoms with van der Waals surface area (Å²) in [7, 11) is 0. The third-order valence-electron chi connectivity index (χ3n) is 1.63. The van der Waals surface area contributed by atoms with E-state index in [1.807, 2.05) is 20.8 Å². The molecule has 1 aromatic heterocycles. The monoisotopic (exact) mass is 194 g/mol. The second kappa shape index (κ2) is 4.17. The fraction of sp³-hybridized carbons (Fsp3) is 0.500. The molecule has 4 nitrogen and oxygen atoms in total. The van der Waals surface area contributed by atoms with Crippen molar-refractivity contribution in [2.75, 3.05) is 0 Å². The van der Waals surface area contributed by atoms with E-state index in [1.165, 1.54) is 0 Å². The number of esters is 1. The Hall–Kier alpha value is -1.45. The van der Waals surface area contributed by atoms with Gasteiger partial charge < -0.3 is 4.74 Å². The van der Waals surface area contributed by atoms with Gasteiger partial charge in [-0.3, -0.25) is 4.79 Å². The molecule has 4 heteroatoms. The van der Waals surface area contributed by atoms with E-state index in [9.17, 15) is 4.79 Å². The van der Waals surface area contributed by atoms with Crippen LogP contribution in [0, 0.1) is 5.41 Å². The van der Waals surface area contributed by atoms with E-state index in [0.29, 0.717) is 0 Å². The number of nitrogens with zero attached hydrogens (tertiary/aromatic N) is 2. The summed E-state index contributed by atoms with van der Waals surface area (Å²) in [6, 6.07) is 1.77. The first-order valence-electron chi connectivity index (χ1n) is 4.43. The van der Waals surface area contributed by atoms with Crippen LogP contribution in [0.4, 0.5) is 0 Å². The summed E-state index contributed by atoms with van der Waals surface area (Å²) in [5.41, 5.74) is 0.387. The molecule has 0 aliphatic rings. The lowest BCUT2D eigenvalue weighted by Crippen LogP contribution is -2.22. The van der Waals surface area contributed by atoms with Crippen molar-refractivity contribution in [1.82, 2.24) is 10.2 Å². The highest BCUT2D eigenvalue weighted by molar-refractivity contribution is 5.75. The number of hydrogen-bond acceptors (Lipinski definition) is 4. The van der Waals surface area contributed by atoms with Crippen molar-refractivity contribution in [2.45, 2.75) is 27.4 Å². The van der Waals surface area contributed by atoms with Gasteiger partial charge in [0.2, 0.25) is 0 Å². The van der Waals surface area contributed by atoms with Crippen LogP contribution < -0.4 is 0 Å². The third-order valence-corrected chi connectivity index (χ3v) is 1.63. The largest absolute Gasteiger partial charge is 0.460 e. The minimum Gasteiger partial charge on any atom is -0.460 e. The fourth-order valence-corrected chi connectivity index (χ4v) is 0.769. The summed E-state index contributed by atoms with van der Waals surface area (Å²) in [6.07, 6.45) is 3.15. The lowest BCUT2D eigenvalue weighted by atomic mass is 9.97. The first kappa shape index (κ1) is 10.6. The average Bonchev–Trinajstić information content (AvgIpc) is 2.14. The Balaban J connectivity index is 2.46. The second-order valence-electron chi connectivity index (χ2n) is 4.08. The van der Waals surface area contributed by atoms with Crippen molar-refractivity contribution >= 4 is 5.97 Å². The van der Waals surface area contributed by atoms with Crippen molar-refractivity contribution in [2.24, 2.45) is 5.41 Å². The summed E-state index contributed by atoms with van der Waals surface area (Å²) < 4.78 is 5.09. The first-order valence-corrected chi connectivity index (χ1v) is 4.43. The van der Waals surface area contributed by atoms with E-state index >= 15 is 0 Å². The van der Waals surface area contributed by atoms with E-state index in [0.717, 1.165) is 5.56 Å². The molecule has 0 saturated carbocycles. The number of ether oxygens (including phenoxy) is 1. The van der Waals surface area contributed by atoms with Gasteiger partial charge in [0.1, 0.15) is 6.61 Å². The minimum atomic E-state index is -0.458. The summed E-state index contributed by atoms with van der Waals surface area (Å²) in [5, 5.41) is 7.31. The predicted molar refractivity (Wildman–Crippen MR) is 51.3 cm³/mol. The molecule has 0 unspecified atom stereocenters. The van der Waals surface area contributed by atoms with E-state index in [2.05, 4.69) is 10.2 Å². The van der Waals surface area contributed by atoms with Gasteiger partial charge in [0.15, 0.2) is 0 Å². The quantitative estimate of drug-likeness (QED) is 0.670. The van der Waals surface area contributed by atoms with Crippen LogP contribution in [0.15, 0.2) is 18.5 Å². The van der Waals surface area contributed by atoms with Crippen LogP contribution >= 0.6 is 0 Å². The molecular weight excluding hydrogens is 180 g/mol. The van der Waals surface area contributed by atoms with Gasteiger partial charge >= 0.3 is 5.97 Å². The van der Waals surface area contributed by atoms with E-state index in [-0.39, 0.29) is 12.6 Å². The van der Waals surface area contributed by atoms with Gasteiger partial charge in [-0.25, -0.2) is 0 Å². The minimum absolute atomic E-state index is 0.214. The molecule has 0 N–H and O–H groups in total. The zero-order valence-corrected chi connectivity index (χ0v) is 8.65. The number of carbonyl (C=O) groups is 1. The van der Waals surface area contributed by atoms with Crippen molar-refractivity contribution in [3.05, 3.63) is 24.0 Å². The highest BCUT2D eigenvalue weighted by Gasteiger charge is 2.22. The van der Waals surface area contributed by atoms with Crippen LogP contribution in [0.3, 0.4) is 0 Å². The molecule has 0 aliphatic carbocycles. The smallest absolute Gasteiger partial charge is 0.311 e. The normalized spacial score (nSPS) is 11.1. The van der Waals surface area contributed by atoms with E-state index in [1.54, 1.807) is 18.5 Å². The third kappa shape index (κ3) is 3.12. The predicted octanol–water partition coefficient (Wildman–Crippen LogP) is 1.57. The first-order chi connectivity index (χ1) is 6.50. The van der Waals surface area contributed by atoms with Gasteiger partial charge in [0.05, 0.1) is 11.6 Å². The van der Waals surface area contributed by atoms with Crippen LogP contribution in [-0.2, 0) is 16.1 Å². The molecule has 0 aromatic carbocycles. The maximum atomic E-state index is 11.4. The number of carbonyl (C=O) groups excluding carboxylic acids is 1. The molecule has 76 valence electrons. The highest BCUT2D eigenvalue weighted by atomic mass is 16.5.